The van der Waals surface area contributed by atoms with Gasteiger partial charge in [-0.1, -0.05) is 25.5 Å². The number of methoxy groups -OCH3 is 1. The summed E-state index contributed by atoms with van der Waals surface area (Å²) in [4.78, 5) is 27.7. The van der Waals surface area contributed by atoms with E-state index in [-0.39, 0.29) is 12.4 Å². The molecule has 0 saturated heterocycles. The fourth-order valence-corrected chi connectivity index (χ4v) is 3.02. The minimum absolute atomic E-state index is 0.186. The molecule has 1 N–H and O–H groups in total. The number of hydrogen-bond acceptors (Lipinski definition) is 5. The monoisotopic (exact) mass is 399 g/mol. The lowest BCUT2D eigenvalue weighted by Crippen LogP contribution is -2.07. The van der Waals surface area contributed by atoms with E-state index in [2.05, 4.69) is 11.9 Å². The van der Waals surface area contributed by atoms with Gasteiger partial charge in [-0.05, 0) is 56.5 Å². The highest BCUT2D eigenvalue weighted by Crippen LogP contribution is 2.29. The Kier molecular flexibility index (Phi) is 8.07. The number of ether oxygens (including phenoxy) is 3. The van der Waals surface area contributed by atoms with E-state index in [9.17, 15) is 9.59 Å². The van der Waals surface area contributed by atoms with Gasteiger partial charge in [-0.3, -0.25) is 4.79 Å². The Balaban J connectivity index is 2.19. The zero-order valence-electron chi connectivity index (χ0n) is 17.8. The number of esters is 1. The van der Waals surface area contributed by atoms with Crippen LogP contribution < -0.4 is 9.47 Å². The van der Waals surface area contributed by atoms with Gasteiger partial charge in [0.1, 0.15) is 5.69 Å². The van der Waals surface area contributed by atoms with Crippen molar-refractivity contribution >= 4 is 17.8 Å². The summed E-state index contributed by atoms with van der Waals surface area (Å²) in [7, 11) is 1.59. The van der Waals surface area contributed by atoms with Gasteiger partial charge in [0.05, 0.1) is 20.3 Å². The highest BCUT2D eigenvalue weighted by molar-refractivity contribution is 6.10. The van der Waals surface area contributed by atoms with E-state index in [4.69, 9.17) is 14.2 Å². The molecule has 2 rings (SSSR count). The van der Waals surface area contributed by atoms with Crippen molar-refractivity contribution in [3.8, 4) is 11.5 Å². The Morgan fingerprint density at radius 3 is 2.55 bits per heavy atom. The fraction of sp³-hybridized carbons (Fsp3) is 0.391. The molecule has 6 nitrogen and oxygen atoms in total. The van der Waals surface area contributed by atoms with E-state index in [0.29, 0.717) is 40.6 Å². The molecule has 0 aliphatic carbocycles. The van der Waals surface area contributed by atoms with Gasteiger partial charge in [-0.25, -0.2) is 4.79 Å². The summed E-state index contributed by atoms with van der Waals surface area (Å²) in [5.41, 5.74) is 2.84. The minimum Gasteiger partial charge on any atom is -0.493 e. The lowest BCUT2D eigenvalue weighted by molar-refractivity contribution is 0.0519. The number of H-pyrrole nitrogens is 1. The molecule has 0 aliphatic rings. The Morgan fingerprint density at radius 2 is 1.90 bits per heavy atom. The largest absolute Gasteiger partial charge is 0.493 e. The molecule has 29 heavy (non-hydrogen) atoms. The highest BCUT2D eigenvalue weighted by atomic mass is 16.5. The molecule has 1 heterocycles. The van der Waals surface area contributed by atoms with Crippen molar-refractivity contribution in [3.05, 3.63) is 52.4 Å². The van der Waals surface area contributed by atoms with Crippen LogP contribution in [0.5, 0.6) is 11.5 Å². The summed E-state index contributed by atoms with van der Waals surface area (Å²) < 4.78 is 16.2. The van der Waals surface area contributed by atoms with Crippen molar-refractivity contribution < 1.29 is 23.8 Å². The van der Waals surface area contributed by atoms with E-state index >= 15 is 0 Å². The predicted molar refractivity (Wildman–Crippen MR) is 113 cm³/mol. The molecule has 0 amide bonds. The standard InChI is InChI=1S/C23H29NO5/c1-6-8-13-29-19-12-10-17(14-20(19)27-5)9-11-18(25)21-15(3)22(24-16(21)4)23(26)28-7-2/h9-12,14,24H,6-8,13H2,1-5H3/b11-9+. The van der Waals surface area contributed by atoms with Crippen LogP contribution in [-0.4, -0.2) is 37.1 Å². The zero-order valence-corrected chi connectivity index (χ0v) is 17.8. The summed E-state index contributed by atoms with van der Waals surface area (Å²) in [5, 5.41) is 0. The molecule has 2 aromatic rings. The number of carbonyl (C=O) groups excluding carboxylic acids is 2. The van der Waals surface area contributed by atoms with E-state index in [1.807, 2.05) is 18.2 Å². The van der Waals surface area contributed by atoms with Gasteiger partial charge in [-0.15, -0.1) is 0 Å². The lowest BCUT2D eigenvalue weighted by atomic mass is 10.0. The summed E-state index contributed by atoms with van der Waals surface area (Å²) in [6.07, 6.45) is 5.24. The molecule has 0 unspecified atom stereocenters. The van der Waals surface area contributed by atoms with E-state index in [0.717, 1.165) is 18.4 Å². The smallest absolute Gasteiger partial charge is 0.355 e. The number of carbonyl (C=O) groups is 2. The summed E-state index contributed by atoms with van der Waals surface area (Å²) >= 11 is 0. The van der Waals surface area contributed by atoms with Gasteiger partial charge in [0.2, 0.25) is 0 Å². The van der Waals surface area contributed by atoms with Crippen LogP contribution in [0.4, 0.5) is 0 Å². The van der Waals surface area contributed by atoms with Crippen LogP contribution in [0, 0.1) is 13.8 Å². The number of benzene rings is 1. The number of aryl methyl sites for hydroxylation is 1. The van der Waals surface area contributed by atoms with Crippen molar-refractivity contribution in [1.29, 1.82) is 0 Å². The van der Waals surface area contributed by atoms with Crippen LogP contribution in [0.1, 0.15) is 64.4 Å². The SMILES string of the molecule is CCCCOc1ccc(/C=C/C(=O)c2c(C)[nH]c(C(=O)OCC)c2C)cc1OC. The Bertz CT molecular complexity index is 895. The molecule has 0 bridgehead atoms. The maximum atomic E-state index is 12.7. The third-order valence-electron chi connectivity index (χ3n) is 4.53. The number of allylic oxidation sites excluding steroid dienone is 1. The predicted octanol–water partition coefficient (Wildman–Crippen LogP) is 4.89. The first-order chi connectivity index (χ1) is 13.9. The van der Waals surface area contributed by atoms with Crippen LogP contribution >= 0.6 is 0 Å². The molecular weight excluding hydrogens is 370 g/mol. The van der Waals surface area contributed by atoms with E-state index < -0.39 is 5.97 Å². The molecule has 1 aromatic carbocycles. The molecule has 0 fully saturated rings. The molecule has 0 atom stereocenters. The van der Waals surface area contributed by atoms with Crippen LogP contribution in [0.15, 0.2) is 24.3 Å². The van der Waals surface area contributed by atoms with Crippen LogP contribution in [0.25, 0.3) is 6.08 Å². The Labute approximate surface area is 171 Å². The van der Waals surface area contributed by atoms with Gasteiger partial charge < -0.3 is 19.2 Å². The minimum atomic E-state index is -0.459. The number of aromatic amines is 1. The van der Waals surface area contributed by atoms with Gasteiger partial charge >= 0.3 is 5.97 Å². The van der Waals surface area contributed by atoms with Crippen molar-refractivity contribution in [1.82, 2.24) is 4.98 Å². The van der Waals surface area contributed by atoms with Gasteiger partial charge in [0.15, 0.2) is 17.3 Å². The highest BCUT2D eigenvalue weighted by Gasteiger charge is 2.21. The maximum absolute atomic E-state index is 12.7. The summed E-state index contributed by atoms with van der Waals surface area (Å²) in [5.74, 6) is 0.656. The summed E-state index contributed by atoms with van der Waals surface area (Å²) in [6.45, 7) is 8.26. The molecular formula is C23H29NO5. The molecule has 156 valence electrons. The number of nitrogens with one attached hydrogen (secondary N) is 1. The topological polar surface area (TPSA) is 77.6 Å². The number of ketones is 1. The first-order valence-electron chi connectivity index (χ1n) is 9.82. The first-order valence-corrected chi connectivity index (χ1v) is 9.82. The third-order valence-corrected chi connectivity index (χ3v) is 4.53. The van der Waals surface area contributed by atoms with Crippen LogP contribution in [-0.2, 0) is 4.74 Å². The number of aromatic nitrogens is 1. The van der Waals surface area contributed by atoms with Gasteiger partial charge in [-0.2, -0.15) is 0 Å². The van der Waals surface area contributed by atoms with E-state index in [1.54, 1.807) is 34.0 Å². The first kappa shape index (κ1) is 22.3. The molecule has 6 heteroatoms. The summed E-state index contributed by atoms with van der Waals surface area (Å²) in [6, 6.07) is 5.53. The second kappa shape index (κ2) is 10.5. The van der Waals surface area contributed by atoms with Crippen molar-refractivity contribution in [2.45, 2.75) is 40.5 Å². The second-order valence-electron chi connectivity index (χ2n) is 6.66. The second-order valence-corrected chi connectivity index (χ2v) is 6.66. The van der Waals surface area contributed by atoms with Crippen LogP contribution in [0.2, 0.25) is 0 Å². The molecule has 0 saturated carbocycles. The third kappa shape index (κ3) is 5.50. The van der Waals surface area contributed by atoms with E-state index in [1.165, 1.54) is 6.08 Å². The maximum Gasteiger partial charge on any atom is 0.355 e. The molecule has 1 aromatic heterocycles. The Morgan fingerprint density at radius 1 is 1.14 bits per heavy atom. The molecule has 0 spiro atoms. The number of hydrogen-bond donors (Lipinski definition) is 1. The quantitative estimate of drug-likeness (QED) is 0.266. The zero-order chi connectivity index (χ0) is 21.4. The average molecular weight is 399 g/mol. The normalized spacial score (nSPS) is 10.9. The molecule has 0 aliphatic heterocycles. The number of rotatable bonds is 10. The van der Waals surface area contributed by atoms with Gasteiger partial charge in [0, 0.05) is 11.3 Å². The van der Waals surface area contributed by atoms with Gasteiger partial charge in [0.25, 0.3) is 0 Å². The van der Waals surface area contributed by atoms with Crippen molar-refractivity contribution in [2.24, 2.45) is 0 Å². The van der Waals surface area contributed by atoms with Crippen LogP contribution in [0.3, 0.4) is 0 Å². The number of unbranched alkanes of at least 4 members (excludes halogenated alkanes) is 1. The van der Waals surface area contributed by atoms with Crippen molar-refractivity contribution in [3.63, 3.8) is 0 Å². The Hall–Kier alpha value is -3.02. The average Bonchev–Trinajstić information content (AvgIpc) is 3.01. The molecule has 0 radical (unpaired) electrons. The fourth-order valence-electron chi connectivity index (χ4n) is 3.02. The van der Waals surface area contributed by atoms with Crippen molar-refractivity contribution in [2.75, 3.05) is 20.3 Å². The lowest BCUT2D eigenvalue weighted by Gasteiger charge is -2.10.